The number of thioether (sulfide) groups is 1. The number of methoxy groups -OCH3 is 1. The van der Waals surface area contributed by atoms with Crippen molar-refractivity contribution in [2.75, 3.05) is 17.9 Å². The highest BCUT2D eigenvalue weighted by Gasteiger charge is 2.37. The first-order chi connectivity index (χ1) is 13.7. The van der Waals surface area contributed by atoms with Gasteiger partial charge in [0.25, 0.3) is 0 Å². The molecule has 8 heteroatoms. The van der Waals surface area contributed by atoms with E-state index in [2.05, 4.69) is 20.9 Å². The summed E-state index contributed by atoms with van der Waals surface area (Å²) in [6.45, 7) is 2.03. The summed E-state index contributed by atoms with van der Waals surface area (Å²) < 4.78 is 7.06. The summed E-state index contributed by atoms with van der Waals surface area (Å²) in [6, 6.07) is 17.0. The van der Waals surface area contributed by atoms with Crippen LogP contribution in [0.2, 0.25) is 0 Å². The van der Waals surface area contributed by atoms with Gasteiger partial charge < -0.3 is 15.5 Å². The van der Waals surface area contributed by atoms with Gasteiger partial charge in [-0.05, 0) is 29.8 Å². The number of nitrogens with zero attached hydrogens (tertiary/aromatic N) is 3. The first-order valence-corrected chi connectivity index (χ1v) is 9.95. The van der Waals surface area contributed by atoms with Crippen LogP contribution < -0.4 is 15.5 Å². The third-order valence-corrected chi connectivity index (χ3v) is 5.81. The number of rotatable bonds is 5. The summed E-state index contributed by atoms with van der Waals surface area (Å²) in [4.78, 5) is 13.1. The van der Waals surface area contributed by atoms with Crippen molar-refractivity contribution in [1.82, 2.24) is 14.9 Å². The number of ether oxygens (including phenoxy) is 1. The Morgan fingerprint density at radius 1 is 1.18 bits per heavy atom. The Bertz CT molecular complexity index is 958. The van der Waals surface area contributed by atoms with Crippen LogP contribution in [0.15, 0.2) is 59.8 Å². The molecular weight excluding hydrogens is 374 g/mol. The first kappa shape index (κ1) is 18.4. The number of carbonyl (C=O) groups excluding carboxylic acids is 1. The second-order valence-electron chi connectivity index (χ2n) is 6.36. The number of carbonyl (C=O) groups is 1. The zero-order valence-corrected chi connectivity index (χ0v) is 16.4. The quantitative estimate of drug-likeness (QED) is 0.690. The largest absolute Gasteiger partial charge is 0.497 e. The summed E-state index contributed by atoms with van der Waals surface area (Å²) in [5.41, 5.74) is 5.19. The molecule has 4 rings (SSSR count). The third-order valence-electron chi connectivity index (χ3n) is 4.59. The summed E-state index contributed by atoms with van der Waals surface area (Å²) in [5.74, 6) is 1.50. The molecule has 1 aromatic heterocycles. The number of hydrogen-bond acceptors (Lipinski definition) is 6. The van der Waals surface area contributed by atoms with Gasteiger partial charge in [0.2, 0.25) is 11.1 Å². The highest BCUT2D eigenvalue weighted by atomic mass is 32.2. The second-order valence-corrected chi connectivity index (χ2v) is 7.47. The van der Waals surface area contributed by atoms with Gasteiger partial charge in [0.05, 0.1) is 13.2 Å². The third kappa shape index (κ3) is 3.55. The van der Waals surface area contributed by atoms with Crippen molar-refractivity contribution in [3.8, 4) is 5.75 Å². The fraction of sp³-hybridized carbons (Fsp3) is 0.250. The van der Waals surface area contributed by atoms with Crippen LogP contribution in [-0.2, 0) is 11.2 Å². The Kier molecular flexibility index (Phi) is 5.21. The van der Waals surface area contributed by atoms with Gasteiger partial charge in [-0.15, -0.1) is 10.2 Å². The predicted molar refractivity (Wildman–Crippen MR) is 109 cm³/mol. The Balaban J connectivity index is 1.62. The molecule has 2 atom stereocenters. The Hall–Kier alpha value is -3.00. The first-order valence-electron chi connectivity index (χ1n) is 9.07. The molecule has 0 saturated heterocycles. The van der Waals surface area contributed by atoms with Crippen LogP contribution in [0.25, 0.3) is 0 Å². The molecule has 0 aliphatic carbocycles. The highest BCUT2D eigenvalue weighted by molar-refractivity contribution is 8.00. The van der Waals surface area contributed by atoms with E-state index in [4.69, 9.17) is 4.74 Å². The molecule has 28 heavy (non-hydrogen) atoms. The number of amides is 1. The molecule has 7 nitrogen and oxygen atoms in total. The topological polar surface area (TPSA) is 81.1 Å². The summed E-state index contributed by atoms with van der Waals surface area (Å²) in [5, 5.41) is 11.8. The van der Waals surface area contributed by atoms with E-state index in [1.807, 2.05) is 66.2 Å². The zero-order valence-electron chi connectivity index (χ0n) is 15.6. The maximum atomic E-state index is 13.1. The van der Waals surface area contributed by atoms with E-state index in [1.54, 1.807) is 7.11 Å². The zero-order chi connectivity index (χ0) is 19.5. The van der Waals surface area contributed by atoms with Crippen LogP contribution >= 0.6 is 11.8 Å². The number of nitrogens with one attached hydrogen (secondary N) is 2. The van der Waals surface area contributed by atoms with Crippen molar-refractivity contribution in [2.24, 2.45) is 0 Å². The van der Waals surface area contributed by atoms with Gasteiger partial charge in [0.15, 0.2) is 5.82 Å². The molecule has 0 radical (unpaired) electrons. The van der Waals surface area contributed by atoms with Gasteiger partial charge in [-0.3, -0.25) is 4.79 Å². The van der Waals surface area contributed by atoms with Crippen LogP contribution in [0.5, 0.6) is 5.75 Å². The van der Waals surface area contributed by atoms with E-state index in [1.165, 1.54) is 11.8 Å². The lowest BCUT2D eigenvalue weighted by atomic mass is 10.0. The van der Waals surface area contributed by atoms with E-state index in [9.17, 15) is 4.79 Å². The molecule has 3 aromatic rings. The van der Waals surface area contributed by atoms with E-state index in [-0.39, 0.29) is 11.9 Å². The Labute approximate surface area is 167 Å². The molecule has 2 aromatic carbocycles. The number of aryl methyl sites for hydroxylation is 1. The lowest BCUT2D eigenvalue weighted by molar-refractivity contribution is -0.116. The molecule has 0 unspecified atom stereocenters. The lowest BCUT2D eigenvalue weighted by Crippen LogP contribution is -2.41. The molecule has 0 bridgehead atoms. The average Bonchev–Trinajstić information content (AvgIpc) is 3.16. The minimum absolute atomic E-state index is 0.0937. The van der Waals surface area contributed by atoms with E-state index < -0.39 is 5.25 Å². The van der Waals surface area contributed by atoms with Gasteiger partial charge >= 0.3 is 0 Å². The highest BCUT2D eigenvalue weighted by Crippen LogP contribution is 2.37. The van der Waals surface area contributed by atoms with E-state index in [0.717, 1.165) is 29.2 Å². The normalized spacial score (nSPS) is 18.1. The Morgan fingerprint density at radius 3 is 2.61 bits per heavy atom. The van der Waals surface area contributed by atoms with Crippen molar-refractivity contribution in [2.45, 2.75) is 29.8 Å². The SMILES string of the molecule is CCc1nnc2n1N[C@@H](c1ccccc1)[C@H](C(=O)Nc1ccc(OC)cc1)S2. The lowest BCUT2D eigenvalue weighted by Gasteiger charge is -2.33. The number of fused-ring (bicyclic) bond motifs is 1. The van der Waals surface area contributed by atoms with Crippen molar-refractivity contribution < 1.29 is 9.53 Å². The van der Waals surface area contributed by atoms with Crippen molar-refractivity contribution in [3.63, 3.8) is 0 Å². The van der Waals surface area contributed by atoms with Gasteiger partial charge in [-0.2, -0.15) is 0 Å². The summed E-state index contributed by atoms with van der Waals surface area (Å²) in [7, 11) is 1.61. The molecule has 1 aliphatic rings. The molecule has 144 valence electrons. The summed E-state index contributed by atoms with van der Waals surface area (Å²) in [6.07, 6.45) is 0.755. The maximum absolute atomic E-state index is 13.1. The molecule has 0 spiro atoms. The van der Waals surface area contributed by atoms with E-state index in [0.29, 0.717) is 5.16 Å². The minimum atomic E-state index is -0.397. The number of anilines is 1. The fourth-order valence-corrected chi connectivity index (χ4v) is 4.22. The van der Waals surface area contributed by atoms with Crippen LogP contribution in [0.4, 0.5) is 5.69 Å². The molecule has 0 saturated carbocycles. The van der Waals surface area contributed by atoms with Gasteiger partial charge in [-0.25, -0.2) is 4.68 Å². The predicted octanol–water partition coefficient (Wildman–Crippen LogP) is 3.25. The fourth-order valence-electron chi connectivity index (χ4n) is 3.13. The van der Waals surface area contributed by atoms with Gasteiger partial charge in [-0.1, -0.05) is 49.0 Å². The maximum Gasteiger partial charge on any atom is 0.240 e. The molecule has 2 N–H and O–H groups in total. The molecule has 1 aliphatic heterocycles. The molecule has 0 fully saturated rings. The van der Waals surface area contributed by atoms with Crippen molar-refractivity contribution in [3.05, 3.63) is 66.0 Å². The van der Waals surface area contributed by atoms with Crippen LogP contribution in [0.3, 0.4) is 0 Å². The minimum Gasteiger partial charge on any atom is -0.497 e. The number of aromatic nitrogens is 3. The molecular formula is C20H21N5O2S. The molecule has 2 heterocycles. The van der Waals surface area contributed by atoms with Gasteiger partial charge in [0, 0.05) is 12.1 Å². The van der Waals surface area contributed by atoms with E-state index >= 15 is 0 Å². The van der Waals surface area contributed by atoms with Gasteiger partial charge in [0.1, 0.15) is 11.0 Å². The van der Waals surface area contributed by atoms with Crippen molar-refractivity contribution >= 4 is 23.4 Å². The summed E-state index contributed by atoms with van der Waals surface area (Å²) >= 11 is 1.42. The monoisotopic (exact) mass is 395 g/mol. The number of benzene rings is 2. The van der Waals surface area contributed by atoms with Crippen LogP contribution in [0, 0.1) is 0 Å². The van der Waals surface area contributed by atoms with Crippen LogP contribution in [-0.4, -0.2) is 33.1 Å². The second kappa shape index (κ2) is 7.93. The number of hydrogen-bond donors (Lipinski definition) is 2. The smallest absolute Gasteiger partial charge is 0.240 e. The standard InChI is InChI=1S/C20H21N5O2S/c1-3-16-22-23-20-25(16)24-17(13-7-5-4-6-8-13)18(28-20)19(26)21-14-9-11-15(27-2)12-10-14/h4-12,17-18,24H,3H2,1-2H3,(H,21,26)/t17-,18+/m0/s1. The van der Waals surface area contributed by atoms with Crippen molar-refractivity contribution in [1.29, 1.82) is 0 Å². The Morgan fingerprint density at radius 2 is 1.93 bits per heavy atom. The van der Waals surface area contributed by atoms with Crippen LogP contribution in [0.1, 0.15) is 24.4 Å². The molecule has 1 amide bonds. The average molecular weight is 395 g/mol.